The van der Waals surface area contributed by atoms with E-state index in [1.165, 1.54) is 20.8 Å². The maximum Gasteiger partial charge on any atom is 0.274 e. The molecule has 0 aromatic carbocycles. The van der Waals surface area contributed by atoms with Gasteiger partial charge in [0.05, 0.1) is 27.4 Å². The van der Waals surface area contributed by atoms with Crippen LogP contribution in [0.1, 0.15) is 56.9 Å². The number of hydrogen-bond donors (Lipinski definition) is 6. The van der Waals surface area contributed by atoms with Crippen LogP contribution < -0.4 is 35.9 Å². The predicted molar refractivity (Wildman–Crippen MR) is 190 cm³/mol. The van der Waals surface area contributed by atoms with E-state index in [0.29, 0.717) is 12.3 Å². The molecule has 1 aliphatic rings. The van der Waals surface area contributed by atoms with E-state index in [2.05, 4.69) is 56.1 Å². The first-order valence-corrected chi connectivity index (χ1v) is 19.0. The molecule has 24 nitrogen and oxygen atoms in total. The summed E-state index contributed by atoms with van der Waals surface area (Å²) in [5.41, 5.74) is 2.07. The number of aliphatic hydroxyl groups is 2. The number of ether oxygens (including phenoxy) is 1. The standard InChI is InChI=1S/C22H38N7O16P3S.4CH4.H2O/c1-21(2,17(32)20(33)25-5-4-13(30)24-6-7-49)9-42-48(39,40)45-47(37,38)41-8-12-15(44-46(34,35)36)16(31)22(3,43-12)29-11-28-14-18(23)26-10-27-19(14)29;;;;;/h10-12,15-17,31-32,49H,4-9H2,1-3H3,(H,24,30)(H,25,33)(H,37,38)(H,39,40)(H2,23,26,27)(H2,34,35,36);4*1H4;1H2/p-4. The maximum atomic E-state index is 12.5. The molecule has 2 aromatic heterocycles. The van der Waals surface area contributed by atoms with Crippen LogP contribution in [0.2, 0.25) is 0 Å². The molecule has 28 heteroatoms. The summed E-state index contributed by atoms with van der Waals surface area (Å²) in [7, 11) is -17.6. The number of phosphoric ester groups is 3. The number of nitrogens with two attached hydrogens (primary N) is 1. The van der Waals surface area contributed by atoms with Crippen molar-refractivity contribution >= 4 is 64.9 Å². The monoisotopic (exact) mass is 859 g/mol. The van der Waals surface area contributed by atoms with Gasteiger partial charge in [-0.15, -0.1) is 0 Å². The second-order valence-electron chi connectivity index (χ2n) is 11.3. The zero-order chi connectivity index (χ0) is 37.0. The minimum Gasteiger partial charge on any atom is -0.790 e. The largest absolute Gasteiger partial charge is 0.790 e. The topological polar surface area (TPSA) is 389 Å². The number of carbonyl (C=O) groups is 2. The molecule has 54 heavy (non-hydrogen) atoms. The number of aliphatic hydroxyl groups excluding tert-OH is 2. The minimum absolute atomic E-state index is 0. The summed E-state index contributed by atoms with van der Waals surface area (Å²) in [6, 6.07) is 0. The summed E-state index contributed by atoms with van der Waals surface area (Å²) in [6.07, 6.45) is -5.92. The number of phosphoric acid groups is 3. The van der Waals surface area contributed by atoms with E-state index in [-0.39, 0.29) is 65.1 Å². The Morgan fingerprint density at radius 3 is 2.24 bits per heavy atom. The van der Waals surface area contributed by atoms with Gasteiger partial charge in [0.1, 0.15) is 36.3 Å². The second kappa shape index (κ2) is 22.0. The highest BCUT2D eigenvalue weighted by molar-refractivity contribution is 7.80. The van der Waals surface area contributed by atoms with Gasteiger partial charge in [-0.25, -0.2) is 19.3 Å². The lowest BCUT2D eigenvalue weighted by atomic mass is 9.87. The number of thiol groups is 1. The zero-order valence-electron chi connectivity index (χ0n) is 26.5. The van der Waals surface area contributed by atoms with Gasteiger partial charge in [-0.2, -0.15) is 12.6 Å². The molecule has 7 atom stereocenters. The lowest BCUT2D eigenvalue weighted by Gasteiger charge is -2.36. The molecule has 1 saturated heterocycles. The summed E-state index contributed by atoms with van der Waals surface area (Å²) in [5.74, 6) is -1.06. The Kier molecular flexibility index (Phi) is 22.9. The number of nitrogens with one attached hydrogen (secondary N) is 2. The number of rotatable bonds is 18. The van der Waals surface area contributed by atoms with Gasteiger partial charge in [0.2, 0.25) is 11.8 Å². The zero-order valence-corrected chi connectivity index (χ0v) is 30.0. The Morgan fingerprint density at radius 2 is 1.67 bits per heavy atom. The summed E-state index contributed by atoms with van der Waals surface area (Å²) in [6.45, 7) is 1.48. The molecule has 1 fully saturated rings. The minimum atomic E-state index is -5.90. The third-order valence-electron chi connectivity index (χ3n) is 6.97. The van der Waals surface area contributed by atoms with Crippen LogP contribution in [0.25, 0.3) is 11.2 Å². The smallest absolute Gasteiger partial charge is 0.274 e. The van der Waals surface area contributed by atoms with E-state index in [4.69, 9.17) is 10.5 Å². The Morgan fingerprint density at radius 1 is 1.07 bits per heavy atom. The van der Waals surface area contributed by atoms with Gasteiger partial charge in [0.15, 0.2) is 17.2 Å². The summed E-state index contributed by atoms with van der Waals surface area (Å²) in [5, 5.41) is 26.2. The van der Waals surface area contributed by atoms with Crippen molar-refractivity contribution in [1.29, 1.82) is 0 Å². The molecule has 2 aromatic rings. The molecule has 0 spiro atoms. The van der Waals surface area contributed by atoms with Crippen molar-refractivity contribution in [3.05, 3.63) is 12.7 Å². The Balaban J connectivity index is -0.00000520. The van der Waals surface area contributed by atoms with Gasteiger partial charge in [-0.05, 0) is 6.92 Å². The number of nitrogens with zero attached hydrogens (tertiary/aromatic N) is 4. The number of anilines is 1. The number of nitrogen functional groups attached to an aromatic ring is 1. The van der Waals surface area contributed by atoms with Gasteiger partial charge >= 0.3 is 0 Å². The molecule has 7 unspecified atom stereocenters. The number of carbonyl (C=O) groups excluding carboxylic acids is 2. The molecule has 3 rings (SSSR count). The van der Waals surface area contributed by atoms with Gasteiger partial charge in [0, 0.05) is 30.7 Å². The van der Waals surface area contributed by atoms with E-state index in [1.54, 1.807) is 0 Å². The van der Waals surface area contributed by atoms with Crippen LogP contribution in [0.4, 0.5) is 5.82 Å². The Bertz CT molecular complexity index is 1650. The van der Waals surface area contributed by atoms with Crippen molar-refractivity contribution in [3.8, 4) is 0 Å². The Labute approximate surface area is 318 Å². The highest BCUT2D eigenvalue weighted by Gasteiger charge is 2.55. The SMILES string of the molecule is C.C.C.C.CC(C)(COP(=O)([O-])OP(=O)([O-])OCC1OC(C)(n2cnc3c(N)ncnc32)C(O)C1OP(=O)([O-])[O-])C(O)C(=O)NCCC(=O)NCCS.O. The fraction of sp³-hybridized carbons (Fsp3) is 0.731. The van der Waals surface area contributed by atoms with Crippen molar-refractivity contribution in [2.45, 2.75) is 87.0 Å². The van der Waals surface area contributed by atoms with E-state index < -0.39 is 84.1 Å². The summed E-state index contributed by atoms with van der Waals surface area (Å²) in [4.78, 5) is 83.5. The molecule has 0 saturated carbocycles. The predicted octanol–water partition coefficient (Wildman–Crippen LogP) is -2.30. The number of hydrogen-bond acceptors (Lipinski definition) is 21. The normalized spacial score (nSPS) is 22.4. The maximum absolute atomic E-state index is 12.5. The molecule has 8 N–H and O–H groups in total. The highest BCUT2D eigenvalue weighted by atomic mass is 32.1. The van der Waals surface area contributed by atoms with Gasteiger partial charge < -0.3 is 74.5 Å². The van der Waals surface area contributed by atoms with E-state index >= 15 is 0 Å². The van der Waals surface area contributed by atoms with E-state index in [0.717, 1.165) is 17.2 Å². The molecule has 318 valence electrons. The average Bonchev–Trinajstić information content (AvgIpc) is 3.53. The first-order chi connectivity index (χ1) is 22.5. The molecular formula is C26H52N7O17P3S-4. The molecule has 2 amide bonds. The van der Waals surface area contributed by atoms with Gasteiger partial charge in [0.25, 0.3) is 15.6 Å². The first-order valence-electron chi connectivity index (χ1n) is 14.0. The van der Waals surface area contributed by atoms with Gasteiger partial charge in [-0.3, -0.25) is 23.3 Å². The van der Waals surface area contributed by atoms with Crippen LogP contribution >= 0.6 is 36.1 Å². The number of fused-ring (bicyclic) bond motifs is 1. The lowest BCUT2D eigenvalue weighted by molar-refractivity contribution is -0.347. The number of aromatic nitrogens is 4. The van der Waals surface area contributed by atoms with Crippen LogP contribution in [-0.2, 0) is 51.6 Å². The Hall–Kier alpha value is -2.15. The fourth-order valence-corrected chi connectivity index (χ4v) is 7.26. The van der Waals surface area contributed by atoms with Crippen LogP contribution in [0.3, 0.4) is 0 Å². The quantitative estimate of drug-likeness (QED) is 0.0678. The number of imidazole rings is 1. The van der Waals surface area contributed by atoms with Crippen LogP contribution in [-0.4, -0.2) is 103 Å². The fourth-order valence-electron chi connectivity index (χ4n) is 4.43. The third kappa shape index (κ3) is 14.7. The molecule has 0 aliphatic carbocycles. The molecular weight excluding hydrogens is 807 g/mol. The highest BCUT2D eigenvalue weighted by Crippen LogP contribution is 2.56. The van der Waals surface area contributed by atoms with Crippen molar-refractivity contribution in [3.63, 3.8) is 0 Å². The summed E-state index contributed by atoms with van der Waals surface area (Å²) >= 11 is 3.94. The lowest BCUT2D eigenvalue weighted by Crippen LogP contribution is -2.46. The second-order valence-corrected chi connectivity index (χ2v) is 15.8. The van der Waals surface area contributed by atoms with E-state index in [1.807, 2.05) is 0 Å². The van der Waals surface area contributed by atoms with Crippen molar-refractivity contribution < 1.29 is 81.2 Å². The molecule has 0 bridgehead atoms. The average molecular weight is 860 g/mol. The van der Waals surface area contributed by atoms with Crippen LogP contribution in [0.15, 0.2) is 12.7 Å². The third-order valence-corrected chi connectivity index (χ3v) is 10.2. The van der Waals surface area contributed by atoms with Crippen molar-refractivity contribution in [2.75, 3.05) is 37.8 Å². The van der Waals surface area contributed by atoms with Crippen LogP contribution in [0.5, 0.6) is 0 Å². The molecule has 3 heterocycles. The van der Waals surface area contributed by atoms with Crippen LogP contribution in [0, 0.1) is 5.41 Å². The van der Waals surface area contributed by atoms with Gasteiger partial charge in [-0.1, -0.05) is 43.6 Å². The first kappa shape index (κ1) is 56.2. The summed E-state index contributed by atoms with van der Waals surface area (Å²) < 4.78 is 60.7. The van der Waals surface area contributed by atoms with E-state index in [9.17, 15) is 53.1 Å². The van der Waals surface area contributed by atoms with Crippen molar-refractivity contribution in [2.24, 2.45) is 5.41 Å². The number of amides is 2. The molecule has 1 aliphatic heterocycles. The molecule has 0 radical (unpaired) electrons. The van der Waals surface area contributed by atoms with Crippen molar-refractivity contribution in [1.82, 2.24) is 30.2 Å².